The number of nitrogens with zero attached hydrogens (tertiary/aromatic N) is 4. The number of likely N-dealkylation sites (tertiary alicyclic amines) is 2. The lowest BCUT2D eigenvalue weighted by molar-refractivity contribution is -0.141. The molecule has 0 saturated carbocycles. The van der Waals surface area contributed by atoms with Gasteiger partial charge in [-0.15, -0.1) is 0 Å². The molecule has 1 aromatic rings. The second-order valence-corrected chi connectivity index (χ2v) is 7.44. The Morgan fingerprint density at radius 2 is 1.85 bits per heavy atom. The zero-order valence-corrected chi connectivity index (χ0v) is 15.6. The lowest BCUT2D eigenvalue weighted by Gasteiger charge is -2.37. The minimum Gasteiger partial charge on any atom is -0.354 e. The zero-order chi connectivity index (χ0) is 18.4. The van der Waals surface area contributed by atoms with E-state index in [4.69, 9.17) is 0 Å². The third-order valence-electron chi connectivity index (χ3n) is 5.35. The summed E-state index contributed by atoms with van der Waals surface area (Å²) in [6.45, 7) is 5.89. The Kier molecular flexibility index (Phi) is 6.41. The molecular weight excluding hydrogens is 330 g/mol. The van der Waals surface area contributed by atoms with Crippen molar-refractivity contribution >= 4 is 17.8 Å². The van der Waals surface area contributed by atoms with Crippen LogP contribution < -0.4 is 5.32 Å². The van der Waals surface area contributed by atoms with Gasteiger partial charge in [-0.25, -0.2) is 9.97 Å². The first-order valence-electron chi connectivity index (χ1n) is 9.71. The lowest BCUT2D eigenvalue weighted by atomic mass is 9.92. The van der Waals surface area contributed by atoms with E-state index in [1.807, 2.05) is 9.80 Å². The second-order valence-electron chi connectivity index (χ2n) is 7.44. The number of anilines is 1. The predicted octanol–water partition coefficient (Wildman–Crippen LogP) is 1.78. The van der Waals surface area contributed by atoms with Crippen molar-refractivity contribution in [1.29, 1.82) is 0 Å². The van der Waals surface area contributed by atoms with Crippen molar-refractivity contribution in [2.75, 3.05) is 38.0 Å². The number of hydrogen-bond donors (Lipinski definition) is 1. The van der Waals surface area contributed by atoms with Gasteiger partial charge in [-0.05, 0) is 37.7 Å². The maximum atomic E-state index is 12.7. The molecule has 2 amide bonds. The monoisotopic (exact) mass is 359 g/mol. The molecule has 2 aliphatic rings. The van der Waals surface area contributed by atoms with E-state index in [9.17, 15) is 9.59 Å². The summed E-state index contributed by atoms with van der Waals surface area (Å²) in [5.41, 5.74) is 0. The molecule has 1 N–H and O–H groups in total. The fourth-order valence-electron chi connectivity index (χ4n) is 3.85. The molecular formula is C19H29N5O2. The van der Waals surface area contributed by atoms with Gasteiger partial charge in [0.25, 0.3) is 0 Å². The van der Waals surface area contributed by atoms with Crippen LogP contribution in [0.25, 0.3) is 0 Å². The van der Waals surface area contributed by atoms with Gasteiger partial charge in [0.05, 0.1) is 0 Å². The van der Waals surface area contributed by atoms with E-state index >= 15 is 0 Å². The molecule has 26 heavy (non-hydrogen) atoms. The van der Waals surface area contributed by atoms with Crippen LogP contribution in [-0.2, 0) is 9.59 Å². The zero-order valence-electron chi connectivity index (χ0n) is 15.6. The van der Waals surface area contributed by atoms with Gasteiger partial charge in [-0.3, -0.25) is 9.59 Å². The summed E-state index contributed by atoms with van der Waals surface area (Å²) in [5, 5.41) is 3.06. The molecule has 7 nitrogen and oxygen atoms in total. The highest BCUT2D eigenvalue weighted by Gasteiger charge is 2.31. The van der Waals surface area contributed by atoms with Gasteiger partial charge in [0.1, 0.15) is 0 Å². The summed E-state index contributed by atoms with van der Waals surface area (Å²) >= 11 is 0. The maximum Gasteiger partial charge on any atom is 0.225 e. The van der Waals surface area contributed by atoms with Crippen LogP contribution in [-0.4, -0.2) is 64.3 Å². The van der Waals surface area contributed by atoms with Crippen LogP contribution in [0.4, 0.5) is 5.95 Å². The van der Waals surface area contributed by atoms with E-state index in [2.05, 4.69) is 22.2 Å². The first-order valence-corrected chi connectivity index (χ1v) is 9.71. The lowest BCUT2D eigenvalue weighted by Crippen LogP contribution is -2.47. The number of aromatic nitrogens is 2. The summed E-state index contributed by atoms with van der Waals surface area (Å²) in [6, 6.07) is 1.76. The molecule has 0 aliphatic carbocycles. The number of carbonyl (C=O) groups is 2. The molecule has 142 valence electrons. The van der Waals surface area contributed by atoms with E-state index in [0.29, 0.717) is 43.8 Å². The number of rotatable bonds is 5. The van der Waals surface area contributed by atoms with Crippen LogP contribution in [0, 0.1) is 11.8 Å². The minimum atomic E-state index is 0.0835. The van der Waals surface area contributed by atoms with Crippen molar-refractivity contribution in [3.8, 4) is 0 Å². The van der Waals surface area contributed by atoms with Crippen LogP contribution in [0.5, 0.6) is 0 Å². The summed E-state index contributed by atoms with van der Waals surface area (Å²) in [4.78, 5) is 37.1. The molecule has 0 aromatic carbocycles. The highest BCUT2D eigenvalue weighted by atomic mass is 16.2. The van der Waals surface area contributed by atoms with Gasteiger partial charge >= 0.3 is 0 Å². The highest BCUT2D eigenvalue weighted by Crippen LogP contribution is 2.23. The maximum absolute atomic E-state index is 12.7. The van der Waals surface area contributed by atoms with Crippen LogP contribution in [0.3, 0.4) is 0 Å². The van der Waals surface area contributed by atoms with Crippen LogP contribution in [0.1, 0.15) is 39.0 Å². The topological polar surface area (TPSA) is 78.4 Å². The summed E-state index contributed by atoms with van der Waals surface area (Å²) < 4.78 is 0. The Hall–Kier alpha value is -2.18. The van der Waals surface area contributed by atoms with Gasteiger partial charge in [0.2, 0.25) is 17.8 Å². The quantitative estimate of drug-likeness (QED) is 0.867. The summed E-state index contributed by atoms with van der Waals surface area (Å²) in [6.07, 6.45) is 7.65. The van der Waals surface area contributed by atoms with Crippen molar-refractivity contribution in [3.05, 3.63) is 18.5 Å². The fourth-order valence-corrected chi connectivity index (χ4v) is 3.85. The van der Waals surface area contributed by atoms with Gasteiger partial charge in [0.15, 0.2) is 0 Å². The van der Waals surface area contributed by atoms with Gasteiger partial charge in [-0.2, -0.15) is 0 Å². The van der Waals surface area contributed by atoms with Crippen molar-refractivity contribution in [2.45, 2.75) is 39.0 Å². The first-order chi connectivity index (χ1) is 12.6. The smallest absolute Gasteiger partial charge is 0.225 e. The van der Waals surface area contributed by atoms with E-state index in [1.54, 1.807) is 18.5 Å². The Morgan fingerprint density at radius 1 is 1.12 bits per heavy atom. The number of hydrogen-bond acceptors (Lipinski definition) is 5. The molecule has 3 heterocycles. The van der Waals surface area contributed by atoms with E-state index < -0.39 is 0 Å². The Balaban J connectivity index is 1.38. The van der Waals surface area contributed by atoms with Gasteiger partial charge in [-0.1, -0.05) is 6.92 Å². The molecule has 0 unspecified atom stereocenters. The highest BCUT2D eigenvalue weighted by molar-refractivity contribution is 5.80. The van der Waals surface area contributed by atoms with Crippen LogP contribution >= 0.6 is 0 Å². The van der Waals surface area contributed by atoms with Crippen molar-refractivity contribution in [3.63, 3.8) is 0 Å². The summed E-state index contributed by atoms with van der Waals surface area (Å²) in [5.74, 6) is 1.66. The van der Waals surface area contributed by atoms with E-state index in [-0.39, 0.29) is 11.8 Å². The van der Waals surface area contributed by atoms with Crippen molar-refractivity contribution in [1.82, 2.24) is 19.8 Å². The number of amides is 2. The molecule has 0 radical (unpaired) electrons. The largest absolute Gasteiger partial charge is 0.354 e. The number of nitrogens with one attached hydrogen (secondary N) is 1. The van der Waals surface area contributed by atoms with Gasteiger partial charge in [0, 0.05) is 57.5 Å². The first kappa shape index (κ1) is 18.6. The molecule has 1 atom stereocenters. The standard InChI is InChI=1S/C19H29N5O2/c1-15-4-2-11-24(14-15)18(26)16-6-12-23(13-7-16)17(25)5-10-22-19-20-8-3-9-21-19/h3,8-9,15-16H,2,4-7,10-14H2,1H3,(H,20,21,22)/t15-/m0/s1. The normalized spacial score (nSPS) is 21.5. The molecule has 7 heteroatoms. The molecule has 0 spiro atoms. The molecule has 2 fully saturated rings. The molecule has 2 saturated heterocycles. The molecule has 2 aliphatic heterocycles. The number of piperidine rings is 2. The Bertz CT molecular complexity index is 601. The van der Waals surface area contributed by atoms with Crippen LogP contribution in [0.2, 0.25) is 0 Å². The third-order valence-corrected chi connectivity index (χ3v) is 5.35. The molecule has 3 rings (SSSR count). The van der Waals surface area contributed by atoms with E-state index in [0.717, 1.165) is 32.4 Å². The Morgan fingerprint density at radius 3 is 2.54 bits per heavy atom. The van der Waals surface area contributed by atoms with E-state index in [1.165, 1.54) is 6.42 Å². The SMILES string of the molecule is C[C@H]1CCCN(C(=O)C2CCN(C(=O)CCNc3ncccn3)CC2)C1. The minimum absolute atomic E-state index is 0.0835. The fraction of sp³-hybridized carbons (Fsp3) is 0.684. The van der Waals surface area contributed by atoms with Crippen molar-refractivity contribution in [2.24, 2.45) is 11.8 Å². The molecule has 0 bridgehead atoms. The average Bonchev–Trinajstić information content (AvgIpc) is 2.68. The van der Waals surface area contributed by atoms with Gasteiger partial charge < -0.3 is 15.1 Å². The number of carbonyl (C=O) groups excluding carboxylic acids is 2. The third kappa shape index (κ3) is 4.93. The van der Waals surface area contributed by atoms with Crippen molar-refractivity contribution < 1.29 is 9.59 Å². The summed E-state index contributed by atoms with van der Waals surface area (Å²) in [7, 11) is 0. The molecule has 1 aromatic heterocycles. The average molecular weight is 359 g/mol. The second kappa shape index (κ2) is 8.96. The Labute approximate surface area is 155 Å². The van der Waals surface area contributed by atoms with Crippen LogP contribution in [0.15, 0.2) is 18.5 Å². The predicted molar refractivity (Wildman–Crippen MR) is 99.4 cm³/mol.